The minimum atomic E-state index is 0.895. The molecule has 0 saturated carbocycles. The summed E-state index contributed by atoms with van der Waals surface area (Å²) in [6.07, 6.45) is 0. The highest BCUT2D eigenvalue weighted by atomic mass is 32.1. The summed E-state index contributed by atoms with van der Waals surface area (Å²) in [4.78, 5) is 1.25. The molecule has 1 aromatic carbocycles. The molecular formula is C12H13NOS. The highest BCUT2D eigenvalue weighted by Gasteiger charge is 2.02. The summed E-state index contributed by atoms with van der Waals surface area (Å²) in [6, 6.07) is 10.2. The highest BCUT2D eigenvalue weighted by Crippen LogP contribution is 2.31. The number of hydrogen-bond donors (Lipinski definition) is 1. The van der Waals surface area contributed by atoms with Gasteiger partial charge >= 0.3 is 0 Å². The fraction of sp³-hybridized carbons (Fsp3) is 0.167. The Balaban J connectivity index is 2.35. The van der Waals surface area contributed by atoms with Crippen LogP contribution in [0.15, 0.2) is 35.7 Å². The second-order valence-electron chi connectivity index (χ2n) is 3.18. The molecule has 0 radical (unpaired) electrons. The Labute approximate surface area is 93.5 Å². The van der Waals surface area contributed by atoms with E-state index in [1.807, 2.05) is 25.2 Å². The Bertz CT molecular complexity index is 450. The molecule has 3 heteroatoms. The average Bonchev–Trinajstić information content (AvgIpc) is 2.78. The maximum Gasteiger partial charge on any atom is 0.119 e. The Morgan fingerprint density at radius 1 is 1.27 bits per heavy atom. The van der Waals surface area contributed by atoms with Crippen molar-refractivity contribution in [2.24, 2.45) is 0 Å². The van der Waals surface area contributed by atoms with Crippen LogP contribution in [0.4, 0.5) is 5.69 Å². The molecule has 0 aliphatic rings. The lowest BCUT2D eigenvalue weighted by atomic mass is 10.2. The molecule has 0 atom stereocenters. The van der Waals surface area contributed by atoms with Crippen LogP contribution in [-0.4, -0.2) is 14.2 Å². The number of ether oxygens (including phenoxy) is 1. The quantitative estimate of drug-likeness (QED) is 0.853. The first-order chi connectivity index (χ1) is 7.33. The van der Waals surface area contributed by atoms with Gasteiger partial charge in [-0.05, 0) is 23.8 Å². The van der Waals surface area contributed by atoms with Crippen molar-refractivity contribution in [1.29, 1.82) is 0 Å². The summed E-state index contributed by atoms with van der Waals surface area (Å²) < 4.78 is 5.20. The van der Waals surface area contributed by atoms with Crippen LogP contribution < -0.4 is 10.1 Å². The third-order valence-electron chi connectivity index (χ3n) is 2.24. The molecule has 1 aromatic heterocycles. The number of anilines is 1. The van der Waals surface area contributed by atoms with E-state index in [2.05, 4.69) is 22.8 Å². The molecule has 0 aliphatic carbocycles. The summed E-state index contributed by atoms with van der Waals surface area (Å²) in [5.41, 5.74) is 2.35. The molecule has 0 fully saturated rings. The normalized spacial score (nSPS) is 10.0. The van der Waals surface area contributed by atoms with E-state index in [4.69, 9.17) is 4.74 Å². The molecule has 0 bridgehead atoms. The van der Waals surface area contributed by atoms with Crippen molar-refractivity contribution in [3.63, 3.8) is 0 Å². The summed E-state index contributed by atoms with van der Waals surface area (Å²) in [7, 11) is 3.62. The first kappa shape index (κ1) is 10.1. The molecule has 2 nitrogen and oxygen atoms in total. The molecule has 78 valence electrons. The molecule has 1 N–H and O–H groups in total. The lowest BCUT2D eigenvalue weighted by molar-refractivity contribution is 0.415. The fourth-order valence-electron chi connectivity index (χ4n) is 1.40. The summed E-state index contributed by atoms with van der Waals surface area (Å²) in [5, 5.41) is 5.23. The zero-order valence-electron chi connectivity index (χ0n) is 8.78. The van der Waals surface area contributed by atoms with Gasteiger partial charge in [0, 0.05) is 23.0 Å². The lowest BCUT2D eigenvalue weighted by Gasteiger charge is -2.01. The zero-order chi connectivity index (χ0) is 10.7. The molecule has 0 amide bonds. The number of rotatable bonds is 3. The largest absolute Gasteiger partial charge is 0.497 e. The first-order valence-corrected chi connectivity index (χ1v) is 5.62. The summed E-state index contributed by atoms with van der Waals surface area (Å²) in [5.74, 6) is 0.895. The molecule has 1 heterocycles. The van der Waals surface area contributed by atoms with Gasteiger partial charge in [-0.1, -0.05) is 12.1 Å². The Kier molecular flexibility index (Phi) is 2.92. The minimum Gasteiger partial charge on any atom is -0.497 e. The smallest absolute Gasteiger partial charge is 0.119 e. The summed E-state index contributed by atoms with van der Waals surface area (Å²) >= 11 is 1.73. The van der Waals surface area contributed by atoms with Gasteiger partial charge in [-0.3, -0.25) is 0 Å². The van der Waals surface area contributed by atoms with Gasteiger partial charge in [0.25, 0.3) is 0 Å². The van der Waals surface area contributed by atoms with Crippen LogP contribution in [0.25, 0.3) is 10.4 Å². The maximum atomic E-state index is 5.20. The van der Waals surface area contributed by atoms with Gasteiger partial charge in [-0.25, -0.2) is 0 Å². The van der Waals surface area contributed by atoms with E-state index in [1.165, 1.54) is 10.4 Å². The van der Waals surface area contributed by atoms with Crippen molar-refractivity contribution in [1.82, 2.24) is 0 Å². The molecular weight excluding hydrogens is 206 g/mol. The van der Waals surface area contributed by atoms with Gasteiger partial charge in [0.15, 0.2) is 0 Å². The standard InChI is InChI=1S/C12H13NOS/c1-13-10-7-12(15-8-10)9-4-3-5-11(6-9)14-2/h3-8,13H,1-2H3. The molecule has 15 heavy (non-hydrogen) atoms. The predicted molar refractivity (Wildman–Crippen MR) is 65.9 cm³/mol. The van der Waals surface area contributed by atoms with Crippen LogP contribution in [0.5, 0.6) is 5.75 Å². The van der Waals surface area contributed by atoms with Crippen LogP contribution in [0.3, 0.4) is 0 Å². The van der Waals surface area contributed by atoms with Crippen LogP contribution in [0.2, 0.25) is 0 Å². The van der Waals surface area contributed by atoms with Crippen LogP contribution in [0, 0.1) is 0 Å². The second kappa shape index (κ2) is 4.36. The van der Waals surface area contributed by atoms with E-state index in [1.54, 1.807) is 18.4 Å². The van der Waals surface area contributed by atoms with Crippen LogP contribution in [0.1, 0.15) is 0 Å². The van der Waals surface area contributed by atoms with E-state index in [0.717, 1.165) is 11.4 Å². The van der Waals surface area contributed by atoms with Crippen molar-refractivity contribution in [3.8, 4) is 16.2 Å². The minimum absolute atomic E-state index is 0.895. The van der Waals surface area contributed by atoms with Crippen molar-refractivity contribution >= 4 is 17.0 Å². The van der Waals surface area contributed by atoms with Crippen molar-refractivity contribution in [2.75, 3.05) is 19.5 Å². The zero-order valence-corrected chi connectivity index (χ0v) is 9.60. The third kappa shape index (κ3) is 2.13. The molecule has 0 unspecified atom stereocenters. The Morgan fingerprint density at radius 2 is 2.13 bits per heavy atom. The summed E-state index contributed by atoms with van der Waals surface area (Å²) in [6.45, 7) is 0. The predicted octanol–water partition coefficient (Wildman–Crippen LogP) is 3.47. The van der Waals surface area contributed by atoms with Crippen molar-refractivity contribution in [2.45, 2.75) is 0 Å². The molecule has 2 aromatic rings. The molecule has 0 spiro atoms. The number of hydrogen-bond acceptors (Lipinski definition) is 3. The van der Waals surface area contributed by atoms with Gasteiger partial charge in [0.1, 0.15) is 5.75 Å². The van der Waals surface area contributed by atoms with E-state index in [0.29, 0.717) is 0 Å². The lowest BCUT2D eigenvalue weighted by Crippen LogP contribution is -1.83. The van der Waals surface area contributed by atoms with Crippen molar-refractivity contribution < 1.29 is 4.74 Å². The average molecular weight is 219 g/mol. The van der Waals surface area contributed by atoms with E-state index in [-0.39, 0.29) is 0 Å². The van der Waals surface area contributed by atoms with Gasteiger partial charge < -0.3 is 10.1 Å². The second-order valence-corrected chi connectivity index (χ2v) is 4.09. The highest BCUT2D eigenvalue weighted by molar-refractivity contribution is 7.14. The van der Waals surface area contributed by atoms with Gasteiger partial charge in [0.2, 0.25) is 0 Å². The SMILES string of the molecule is CNc1csc(-c2cccc(OC)c2)c1. The number of benzene rings is 1. The Hall–Kier alpha value is -1.48. The van der Waals surface area contributed by atoms with E-state index >= 15 is 0 Å². The first-order valence-electron chi connectivity index (χ1n) is 4.74. The van der Waals surface area contributed by atoms with Crippen molar-refractivity contribution in [3.05, 3.63) is 35.7 Å². The molecule has 0 aliphatic heterocycles. The number of thiophene rings is 1. The maximum absolute atomic E-state index is 5.20. The molecule has 2 rings (SSSR count). The monoisotopic (exact) mass is 219 g/mol. The topological polar surface area (TPSA) is 21.3 Å². The van der Waals surface area contributed by atoms with Gasteiger partial charge in [-0.2, -0.15) is 0 Å². The van der Waals surface area contributed by atoms with Gasteiger partial charge in [0.05, 0.1) is 7.11 Å². The van der Waals surface area contributed by atoms with Crippen LogP contribution >= 0.6 is 11.3 Å². The van der Waals surface area contributed by atoms with Gasteiger partial charge in [-0.15, -0.1) is 11.3 Å². The number of nitrogens with one attached hydrogen (secondary N) is 1. The van der Waals surface area contributed by atoms with E-state index in [9.17, 15) is 0 Å². The molecule has 0 saturated heterocycles. The van der Waals surface area contributed by atoms with E-state index < -0.39 is 0 Å². The fourth-order valence-corrected chi connectivity index (χ4v) is 2.29. The third-order valence-corrected chi connectivity index (χ3v) is 3.22. The van der Waals surface area contributed by atoms with Crippen LogP contribution in [-0.2, 0) is 0 Å². The number of methoxy groups -OCH3 is 1. The Morgan fingerprint density at radius 3 is 2.80 bits per heavy atom.